The lowest BCUT2D eigenvalue weighted by molar-refractivity contribution is -0.122. The van der Waals surface area contributed by atoms with Crippen LogP contribution in [0.4, 0.5) is 10.5 Å². The second-order valence-electron chi connectivity index (χ2n) is 4.94. The zero-order valence-electron chi connectivity index (χ0n) is 11.6. The molecular weight excluding hydrogens is 274 g/mol. The Morgan fingerprint density at radius 1 is 1.38 bits per heavy atom. The lowest BCUT2D eigenvalue weighted by atomic mass is 10.1. The highest BCUT2D eigenvalue weighted by molar-refractivity contribution is 6.01. The maximum absolute atomic E-state index is 11.9. The van der Waals surface area contributed by atoms with Gasteiger partial charge < -0.3 is 21.1 Å². The number of amides is 3. The Labute approximate surface area is 121 Å². The summed E-state index contributed by atoms with van der Waals surface area (Å²) in [5.41, 5.74) is 0.898. The number of hydrogen-bond acceptors (Lipinski definition) is 3. The highest BCUT2D eigenvalue weighted by Gasteiger charge is 2.20. The van der Waals surface area contributed by atoms with Gasteiger partial charge in [-0.25, -0.2) is 9.59 Å². The standard InChI is InChI=1S/C14H17N3O4/c1-8-3-2-4-10(12(8)13(19)20)17-14(21)16-9-5-6-11(18)15-7-9/h2-4,9H,5-7H2,1H3,(H,15,18)(H,19,20)(H2,16,17,21). The van der Waals surface area contributed by atoms with Gasteiger partial charge in [0.05, 0.1) is 11.3 Å². The van der Waals surface area contributed by atoms with E-state index in [1.165, 1.54) is 0 Å². The minimum absolute atomic E-state index is 0.0275. The smallest absolute Gasteiger partial charge is 0.338 e. The summed E-state index contributed by atoms with van der Waals surface area (Å²) in [7, 11) is 0. The van der Waals surface area contributed by atoms with Gasteiger partial charge in [0.15, 0.2) is 0 Å². The van der Waals surface area contributed by atoms with E-state index in [4.69, 9.17) is 0 Å². The largest absolute Gasteiger partial charge is 0.478 e. The van der Waals surface area contributed by atoms with Crippen molar-refractivity contribution in [3.05, 3.63) is 29.3 Å². The molecule has 0 spiro atoms. The summed E-state index contributed by atoms with van der Waals surface area (Å²) in [5, 5.41) is 17.1. The Kier molecular flexibility index (Phi) is 4.42. The fraction of sp³-hybridized carbons (Fsp3) is 0.357. The molecule has 1 unspecified atom stereocenters. The quantitative estimate of drug-likeness (QED) is 0.668. The highest BCUT2D eigenvalue weighted by atomic mass is 16.4. The molecule has 0 bridgehead atoms. The zero-order chi connectivity index (χ0) is 15.4. The first-order valence-corrected chi connectivity index (χ1v) is 6.64. The number of aromatic carboxylic acids is 1. The summed E-state index contributed by atoms with van der Waals surface area (Å²) in [5.74, 6) is -1.12. The molecule has 7 nitrogen and oxygen atoms in total. The lowest BCUT2D eigenvalue weighted by Gasteiger charge is -2.23. The van der Waals surface area contributed by atoms with Crippen LogP contribution in [0.25, 0.3) is 0 Å². The number of urea groups is 1. The maximum atomic E-state index is 11.9. The van der Waals surface area contributed by atoms with E-state index in [0.717, 1.165) is 0 Å². The van der Waals surface area contributed by atoms with E-state index < -0.39 is 12.0 Å². The minimum atomic E-state index is -1.09. The summed E-state index contributed by atoms with van der Waals surface area (Å²) in [4.78, 5) is 34.2. The van der Waals surface area contributed by atoms with Crippen LogP contribution < -0.4 is 16.0 Å². The number of carboxylic acid groups (broad SMARTS) is 1. The molecule has 112 valence electrons. The Morgan fingerprint density at radius 2 is 2.14 bits per heavy atom. The number of carbonyl (C=O) groups excluding carboxylic acids is 2. The van der Waals surface area contributed by atoms with Crippen molar-refractivity contribution in [3.8, 4) is 0 Å². The van der Waals surface area contributed by atoms with E-state index >= 15 is 0 Å². The number of hydrogen-bond donors (Lipinski definition) is 4. The molecule has 1 atom stereocenters. The van der Waals surface area contributed by atoms with Crippen molar-refractivity contribution in [2.75, 3.05) is 11.9 Å². The van der Waals surface area contributed by atoms with E-state index in [9.17, 15) is 19.5 Å². The molecule has 21 heavy (non-hydrogen) atoms. The van der Waals surface area contributed by atoms with Crippen molar-refractivity contribution in [3.63, 3.8) is 0 Å². The molecule has 1 heterocycles. The first kappa shape index (κ1) is 14.8. The number of benzene rings is 1. The third-order valence-corrected chi connectivity index (χ3v) is 3.34. The first-order chi connectivity index (χ1) is 9.97. The SMILES string of the molecule is Cc1cccc(NC(=O)NC2CCC(=O)NC2)c1C(=O)O. The van der Waals surface area contributed by atoms with Crippen molar-refractivity contribution in [2.24, 2.45) is 0 Å². The third kappa shape index (κ3) is 3.71. The summed E-state index contributed by atoms with van der Waals surface area (Å²) in [6.45, 7) is 2.05. The van der Waals surface area contributed by atoms with Crippen molar-refractivity contribution in [2.45, 2.75) is 25.8 Å². The fourth-order valence-corrected chi connectivity index (χ4v) is 2.26. The van der Waals surface area contributed by atoms with Crippen LogP contribution in [0.1, 0.15) is 28.8 Å². The van der Waals surface area contributed by atoms with Crippen molar-refractivity contribution in [1.82, 2.24) is 10.6 Å². The van der Waals surface area contributed by atoms with Crippen LogP contribution in [0.2, 0.25) is 0 Å². The third-order valence-electron chi connectivity index (χ3n) is 3.34. The molecule has 0 aromatic heterocycles. The van der Waals surface area contributed by atoms with Gasteiger partial charge in [-0.05, 0) is 25.0 Å². The Balaban J connectivity index is 2.01. The number of carboxylic acids is 1. The number of anilines is 1. The average molecular weight is 291 g/mol. The number of rotatable bonds is 3. The second-order valence-corrected chi connectivity index (χ2v) is 4.94. The van der Waals surface area contributed by atoms with Crippen molar-refractivity contribution in [1.29, 1.82) is 0 Å². The number of aryl methyl sites for hydroxylation is 1. The molecule has 1 aromatic rings. The molecule has 0 aliphatic carbocycles. The van der Waals surface area contributed by atoms with Gasteiger partial charge >= 0.3 is 12.0 Å². The van der Waals surface area contributed by atoms with Crippen LogP contribution in [0, 0.1) is 6.92 Å². The Morgan fingerprint density at radius 3 is 2.76 bits per heavy atom. The van der Waals surface area contributed by atoms with E-state index in [1.54, 1.807) is 25.1 Å². The highest BCUT2D eigenvalue weighted by Crippen LogP contribution is 2.19. The van der Waals surface area contributed by atoms with Crippen LogP contribution in [-0.4, -0.2) is 35.6 Å². The fourth-order valence-electron chi connectivity index (χ4n) is 2.26. The van der Waals surface area contributed by atoms with Crippen LogP contribution in [0.15, 0.2) is 18.2 Å². The molecule has 0 saturated carbocycles. The minimum Gasteiger partial charge on any atom is -0.478 e. The Hall–Kier alpha value is -2.57. The monoisotopic (exact) mass is 291 g/mol. The van der Waals surface area contributed by atoms with E-state index in [0.29, 0.717) is 24.9 Å². The van der Waals surface area contributed by atoms with E-state index in [2.05, 4.69) is 16.0 Å². The molecule has 1 aliphatic rings. The van der Waals surface area contributed by atoms with Crippen LogP contribution in [-0.2, 0) is 4.79 Å². The summed E-state index contributed by atoms with van der Waals surface area (Å²) < 4.78 is 0. The van der Waals surface area contributed by atoms with Gasteiger partial charge in [0.1, 0.15) is 0 Å². The summed E-state index contributed by atoms with van der Waals surface area (Å²) in [6.07, 6.45) is 0.939. The molecule has 1 aromatic carbocycles. The average Bonchev–Trinajstić information content (AvgIpc) is 2.41. The van der Waals surface area contributed by atoms with Gasteiger partial charge in [-0.1, -0.05) is 12.1 Å². The zero-order valence-corrected chi connectivity index (χ0v) is 11.6. The normalized spacial score (nSPS) is 17.8. The first-order valence-electron chi connectivity index (χ1n) is 6.64. The van der Waals surface area contributed by atoms with Gasteiger partial charge in [0.25, 0.3) is 0 Å². The Bertz CT molecular complexity index is 576. The van der Waals surface area contributed by atoms with Gasteiger partial charge in [0.2, 0.25) is 5.91 Å². The predicted octanol–water partition coefficient (Wildman–Crippen LogP) is 1.09. The van der Waals surface area contributed by atoms with Crippen LogP contribution >= 0.6 is 0 Å². The predicted molar refractivity (Wildman–Crippen MR) is 76.3 cm³/mol. The molecule has 2 rings (SSSR count). The van der Waals surface area contributed by atoms with Gasteiger partial charge in [-0.15, -0.1) is 0 Å². The molecular formula is C14H17N3O4. The van der Waals surface area contributed by atoms with Crippen molar-refractivity contribution < 1.29 is 19.5 Å². The number of carbonyl (C=O) groups is 3. The van der Waals surface area contributed by atoms with Gasteiger partial charge in [0, 0.05) is 19.0 Å². The molecule has 0 radical (unpaired) electrons. The van der Waals surface area contributed by atoms with Crippen LogP contribution in [0.3, 0.4) is 0 Å². The van der Waals surface area contributed by atoms with Crippen LogP contribution in [0.5, 0.6) is 0 Å². The summed E-state index contributed by atoms with van der Waals surface area (Å²) in [6, 6.07) is 4.25. The van der Waals surface area contributed by atoms with E-state index in [1.807, 2.05) is 0 Å². The van der Waals surface area contributed by atoms with Gasteiger partial charge in [-0.2, -0.15) is 0 Å². The molecule has 4 N–H and O–H groups in total. The molecule has 1 fully saturated rings. The molecule has 3 amide bonds. The number of piperidine rings is 1. The maximum Gasteiger partial charge on any atom is 0.338 e. The van der Waals surface area contributed by atoms with E-state index in [-0.39, 0.29) is 23.2 Å². The van der Waals surface area contributed by atoms with Crippen molar-refractivity contribution >= 4 is 23.6 Å². The lowest BCUT2D eigenvalue weighted by Crippen LogP contribution is -2.49. The second kappa shape index (κ2) is 6.25. The molecule has 1 aliphatic heterocycles. The topological polar surface area (TPSA) is 108 Å². The summed E-state index contributed by atoms with van der Waals surface area (Å²) >= 11 is 0. The molecule has 1 saturated heterocycles. The van der Waals surface area contributed by atoms with Gasteiger partial charge in [-0.3, -0.25) is 4.79 Å². The molecule has 7 heteroatoms. The number of nitrogens with one attached hydrogen (secondary N) is 3.